The third-order valence-electron chi connectivity index (χ3n) is 5.61. The monoisotopic (exact) mass is 363 g/mol. The number of para-hydroxylation sites is 2. The molecule has 2 aliphatic heterocycles. The molecular weight excluding hydrogens is 338 g/mol. The third-order valence-corrected chi connectivity index (χ3v) is 5.61. The van der Waals surface area contributed by atoms with E-state index >= 15 is 0 Å². The topological polar surface area (TPSA) is 43.9 Å². The Morgan fingerprint density at radius 1 is 0.889 bits per heavy atom. The van der Waals surface area contributed by atoms with Crippen LogP contribution in [0.3, 0.4) is 0 Å². The van der Waals surface area contributed by atoms with Crippen LogP contribution in [0.15, 0.2) is 54.6 Å². The van der Waals surface area contributed by atoms with Gasteiger partial charge in [-0.1, -0.05) is 43.3 Å². The molecule has 27 heavy (non-hydrogen) atoms. The highest BCUT2D eigenvalue weighted by molar-refractivity contribution is 6.22. The maximum absolute atomic E-state index is 13.1. The normalized spacial score (nSPS) is 21.1. The number of rotatable bonds is 4. The highest BCUT2D eigenvalue weighted by Gasteiger charge is 2.43. The van der Waals surface area contributed by atoms with Crippen LogP contribution in [0.2, 0.25) is 0 Å². The molecule has 0 bridgehead atoms. The lowest BCUT2D eigenvalue weighted by Gasteiger charge is -2.38. The van der Waals surface area contributed by atoms with Gasteiger partial charge in [-0.15, -0.1) is 0 Å². The van der Waals surface area contributed by atoms with Crippen molar-refractivity contribution < 1.29 is 9.59 Å². The van der Waals surface area contributed by atoms with E-state index in [1.807, 2.05) is 49.4 Å². The molecule has 0 aromatic heterocycles. The number of benzene rings is 2. The zero-order chi connectivity index (χ0) is 18.8. The maximum atomic E-state index is 13.1. The first kappa shape index (κ1) is 17.7. The summed E-state index contributed by atoms with van der Waals surface area (Å²) in [5.74, 6) is -0.162. The largest absolute Gasteiger partial charge is 0.369 e. The van der Waals surface area contributed by atoms with E-state index in [9.17, 15) is 9.59 Å². The lowest BCUT2D eigenvalue weighted by Crippen LogP contribution is -2.52. The van der Waals surface area contributed by atoms with Crippen LogP contribution in [0.5, 0.6) is 0 Å². The van der Waals surface area contributed by atoms with Gasteiger partial charge in [-0.05, 0) is 30.2 Å². The number of hydrogen-bond acceptors (Lipinski definition) is 4. The van der Waals surface area contributed by atoms with E-state index in [0.717, 1.165) is 43.9 Å². The maximum Gasteiger partial charge on any atom is 0.251 e. The number of amides is 2. The standard InChI is InChI=1S/C22H25N3O2/c1-2-17-8-6-7-11-19(17)25-21(26)16-20(22(25)27)24-14-12-23(13-15-24)18-9-4-3-5-10-18/h3-11,20H,2,12-16H2,1H3. The number of anilines is 2. The van der Waals surface area contributed by atoms with Gasteiger partial charge < -0.3 is 4.90 Å². The molecule has 0 aliphatic carbocycles. The fourth-order valence-corrected chi connectivity index (χ4v) is 4.11. The predicted molar refractivity (Wildman–Crippen MR) is 107 cm³/mol. The van der Waals surface area contributed by atoms with Gasteiger partial charge in [0, 0.05) is 31.9 Å². The molecule has 2 aromatic carbocycles. The summed E-state index contributed by atoms with van der Waals surface area (Å²) in [7, 11) is 0. The van der Waals surface area contributed by atoms with E-state index in [-0.39, 0.29) is 24.3 Å². The van der Waals surface area contributed by atoms with E-state index in [0.29, 0.717) is 0 Å². The molecule has 2 amide bonds. The molecule has 2 fully saturated rings. The number of imide groups is 1. The van der Waals surface area contributed by atoms with Crippen molar-refractivity contribution in [2.75, 3.05) is 36.0 Å². The summed E-state index contributed by atoms with van der Waals surface area (Å²) in [6.07, 6.45) is 1.08. The second-order valence-electron chi connectivity index (χ2n) is 7.13. The predicted octanol–water partition coefficient (Wildman–Crippen LogP) is 2.70. The Balaban J connectivity index is 1.47. The van der Waals surface area contributed by atoms with Crippen molar-refractivity contribution in [2.45, 2.75) is 25.8 Å². The van der Waals surface area contributed by atoms with Crippen LogP contribution in [-0.2, 0) is 16.0 Å². The van der Waals surface area contributed by atoms with Crippen LogP contribution < -0.4 is 9.80 Å². The minimum absolute atomic E-state index is 0.0749. The number of piperazine rings is 1. The van der Waals surface area contributed by atoms with E-state index in [1.165, 1.54) is 10.6 Å². The Morgan fingerprint density at radius 3 is 2.26 bits per heavy atom. The zero-order valence-corrected chi connectivity index (χ0v) is 15.7. The fraction of sp³-hybridized carbons (Fsp3) is 0.364. The molecule has 0 radical (unpaired) electrons. The highest BCUT2D eigenvalue weighted by Crippen LogP contribution is 2.29. The van der Waals surface area contributed by atoms with Crippen LogP contribution >= 0.6 is 0 Å². The first-order chi connectivity index (χ1) is 13.2. The minimum atomic E-state index is -0.333. The van der Waals surface area contributed by atoms with Crippen LogP contribution in [0, 0.1) is 0 Å². The van der Waals surface area contributed by atoms with Gasteiger partial charge in [-0.2, -0.15) is 0 Å². The van der Waals surface area contributed by atoms with E-state index < -0.39 is 0 Å². The quantitative estimate of drug-likeness (QED) is 0.784. The van der Waals surface area contributed by atoms with Crippen molar-refractivity contribution in [3.8, 4) is 0 Å². The molecule has 4 rings (SSSR count). The number of hydrogen-bond donors (Lipinski definition) is 0. The molecular formula is C22H25N3O2. The molecule has 1 atom stereocenters. The van der Waals surface area contributed by atoms with E-state index in [1.54, 1.807) is 0 Å². The lowest BCUT2D eigenvalue weighted by molar-refractivity contribution is -0.123. The molecule has 5 nitrogen and oxygen atoms in total. The Bertz CT molecular complexity index is 828. The van der Waals surface area contributed by atoms with Gasteiger partial charge in [0.15, 0.2) is 0 Å². The van der Waals surface area contributed by atoms with Crippen molar-refractivity contribution in [1.82, 2.24) is 4.90 Å². The molecule has 0 saturated carbocycles. The summed E-state index contributed by atoms with van der Waals surface area (Å²) < 4.78 is 0. The first-order valence-electron chi connectivity index (χ1n) is 9.67. The van der Waals surface area contributed by atoms with Gasteiger partial charge in [-0.3, -0.25) is 14.5 Å². The summed E-state index contributed by atoms with van der Waals surface area (Å²) >= 11 is 0. The van der Waals surface area contributed by atoms with Crippen LogP contribution in [-0.4, -0.2) is 48.9 Å². The van der Waals surface area contributed by atoms with Crippen molar-refractivity contribution in [3.63, 3.8) is 0 Å². The molecule has 2 aliphatic rings. The number of carbonyl (C=O) groups is 2. The van der Waals surface area contributed by atoms with Crippen LogP contribution in [0.1, 0.15) is 18.9 Å². The first-order valence-corrected chi connectivity index (χ1v) is 9.67. The van der Waals surface area contributed by atoms with Gasteiger partial charge in [0.1, 0.15) is 0 Å². The average Bonchev–Trinajstić information content (AvgIpc) is 3.02. The Hall–Kier alpha value is -2.66. The van der Waals surface area contributed by atoms with Gasteiger partial charge in [-0.25, -0.2) is 4.90 Å². The summed E-state index contributed by atoms with van der Waals surface area (Å²) in [4.78, 5) is 31.7. The lowest BCUT2D eigenvalue weighted by atomic mass is 10.1. The van der Waals surface area contributed by atoms with E-state index in [4.69, 9.17) is 0 Å². The van der Waals surface area contributed by atoms with Gasteiger partial charge in [0.05, 0.1) is 18.2 Å². The molecule has 0 N–H and O–H groups in total. The van der Waals surface area contributed by atoms with Crippen molar-refractivity contribution in [3.05, 3.63) is 60.2 Å². The Kier molecular flexibility index (Phi) is 4.94. The van der Waals surface area contributed by atoms with Crippen molar-refractivity contribution in [2.24, 2.45) is 0 Å². The second kappa shape index (κ2) is 7.53. The minimum Gasteiger partial charge on any atom is -0.369 e. The molecule has 140 valence electrons. The average molecular weight is 363 g/mol. The van der Waals surface area contributed by atoms with Crippen molar-refractivity contribution in [1.29, 1.82) is 0 Å². The fourth-order valence-electron chi connectivity index (χ4n) is 4.11. The number of nitrogens with zero attached hydrogens (tertiary/aromatic N) is 3. The van der Waals surface area contributed by atoms with Crippen molar-refractivity contribution >= 4 is 23.2 Å². The van der Waals surface area contributed by atoms with Crippen LogP contribution in [0.25, 0.3) is 0 Å². The molecule has 2 saturated heterocycles. The van der Waals surface area contributed by atoms with Crippen LogP contribution in [0.4, 0.5) is 11.4 Å². The summed E-state index contributed by atoms with van der Waals surface area (Å²) in [5, 5.41) is 0. The summed E-state index contributed by atoms with van der Waals surface area (Å²) in [6.45, 7) is 5.37. The third kappa shape index (κ3) is 3.35. The van der Waals surface area contributed by atoms with Gasteiger partial charge in [0.25, 0.3) is 5.91 Å². The number of aryl methyl sites for hydroxylation is 1. The Labute approximate surface area is 160 Å². The molecule has 1 unspecified atom stereocenters. The molecule has 5 heteroatoms. The van der Waals surface area contributed by atoms with Gasteiger partial charge >= 0.3 is 0 Å². The summed E-state index contributed by atoms with van der Waals surface area (Å²) in [5.41, 5.74) is 3.00. The smallest absolute Gasteiger partial charge is 0.251 e. The second-order valence-corrected chi connectivity index (χ2v) is 7.13. The van der Waals surface area contributed by atoms with Gasteiger partial charge in [0.2, 0.25) is 5.91 Å². The van der Waals surface area contributed by atoms with E-state index in [2.05, 4.69) is 21.9 Å². The SMILES string of the molecule is CCc1ccccc1N1C(=O)CC(N2CCN(c3ccccc3)CC2)C1=O. The molecule has 2 aromatic rings. The summed E-state index contributed by atoms with van der Waals surface area (Å²) in [6, 6.07) is 17.7. The molecule has 2 heterocycles. The number of carbonyl (C=O) groups excluding carboxylic acids is 2. The highest BCUT2D eigenvalue weighted by atomic mass is 16.2. The molecule has 0 spiro atoms. The Morgan fingerprint density at radius 2 is 1.56 bits per heavy atom. The zero-order valence-electron chi connectivity index (χ0n) is 15.7.